The van der Waals surface area contributed by atoms with Crippen LogP contribution in [-0.2, 0) is 17.5 Å². The minimum absolute atomic E-state index is 0.0790. The second-order valence-corrected chi connectivity index (χ2v) is 7.49. The van der Waals surface area contributed by atoms with E-state index in [-0.39, 0.29) is 5.69 Å². The van der Waals surface area contributed by atoms with E-state index in [4.69, 9.17) is 9.47 Å². The van der Waals surface area contributed by atoms with Crippen LogP contribution in [0.4, 0.5) is 18.9 Å². The highest BCUT2D eigenvalue weighted by atomic mass is 19.4. The summed E-state index contributed by atoms with van der Waals surface area (Å²) >= 11 is 0. The van der Waals surface area contributed by atoms with Gasteiger partial charge in [0, 0.05) is 12.2 Å². The number of hydrogen-bond donors (Lipinski definition) is 1. The molecule has 0 spiro atoms. The molecular weight excluding hydrogens is 433 g/mol. The number of rotatable bonds is 8. The van der Waals surface area contributed by atoms with Gasteiger partial charge in [-0.3, -0.25) is 9.69 Å². The molecule has 5 nitrogen and oxygen atoms in total. The summed E-state index contributed by atoms with van der Waals surface area (Å²) in [6.07, 6.45) is -4.50. The van der Waals surface area contributed by atoms with Crippen molar-refractivity contribution in [2.24, 2.45) is 0 Å². The quantitative estimate of drug-likeness (QED) is 0.482. The summed E-state index contributed by atoms with van der Waals surface area (Å²) in [5.41, 5.74) is 0.846. The van der Waals surface area contributed by atoms with Gasteiger partial charge in [0.1, 0.15) is 6.04 Å². The maximum atomic E-state index is 13.3. The van der Waals surface area contributed by atoms with Gasteiger partial charge in [0.15, 0.2) is 11.5 Å². The second-order valence-electron chi connectivity index (χ2n) is 7.49. The van der Waals surface area contributed by atoms with Crippen molar-refractivity contribution in [3.8, 4) is 11.5 Å². The fourth-order valence-electron chi connectivity index (χ4n) is 3.58. The monoisotopic (exact) mass is 458 g/mol. The second kappa shape index (κ2) is 10.4. The summed E-state index contributed by atoms with van der Waals surface area (Å²) in [6.45, 7) is 0.385. The molecule has 0 heterocycles. The normalized spacial score (nSPS) is 12.3. The Bertz CT molecular complexity index is 1090. The lowest BCUT2D eigenvalue weighted by molar-refractivity contribution is -0.137. The van der Waals surface area contributed by atoms with Gasteiger partial charge in [0.2, 0.25) is 5.91 Å². The number of alkyl halides is 3. The number of nitrogens with zero attached hydrogens (tertiary/aromatic N) is 1. The van der Waals surface area contributed by atoms with E-state index in [1.807, 2.05) is 47.4 Å². The smallest absolute Gasteiger partial charge is 0.416 e. The van der Waals surface area contributed by atoms with Crippen molar-refractivity contribution in [3.05, 3.63) is 89.5 Å². The summed E-state index contributed by atoms with van der Waals surface area (Å²) in [5, 5.41) is 2.64. The van der Waals surface area contributed by atoms with Crippen molar-refractivity contribution >= 4 is 11.6 Å². The van der Waals surface area contributed by atoms with Crippen molar-refractivity contribution in [1.82, 2.24) is 4.90 Å². The largest absolute Gasteiger partial charge is 0.493 e. The zero-order valence-electron chi connectivity index (χ0n) is 18.5. The molecule has 33 heavy (non-hydrogen) atoms. The Balaban J connectivity index is 1.87. The fourth-order valence-corrected chi connectivity index (χ4v) is 3.58. The first-order valence-electron chi connectivity index (χ1n) is 10.2. The summed E-state index contributed by atoms with van der Waals surface area (Å²) in [4.78, 5) is 15.1. The number of benzene rings is 3. The summed E-state index contributed by atoms with van der Waals surface area (Å²) in [5.74, 6) is 0.711. The van der Waals surface area contributed by atoms with E-state index in [0.717, 1.165) is 17.7 Å². The minimum Gasteiger partial charge on any atom is -0.493 e. The first-order chi connectivity index (χ1) is 15.7. The lowest BCUT2D eigenvalue weighted by atomic mass is 10.0. The highest BCUT2D eigenvalue weighted by Gasteiger charge is 2.31. The number of hydrogen-bond acceptors (Lipinski definition) is 4. The van der Waals surface area contributed by atoms with Crippen LogP contribution in [0.2, 0.25) is 0 Å². The molecule has 0 fully saturated rings. The highest BCUT2D eigenvalue weighted by molar-refractivity contribution is 5.95. The van der Waals surface area contributed by atoms with Gasteiger partial charge >= 0.3 is 6.18 Å². The average Bonchev–Trinajstić information content (AvgIpc) is 2.79. The van der Waals surface area contributed by atoms with Crippen LogP contribution in [0.5, 0.6) is 11.5 Å². The number of carbonyl (C=O) groups excluding carboxylic acids is 1. The number of methoxy groups -OCH3 is 2. The van der Waals surface area contributed by atoms with Crippen LogP contribution < -0.4 is 14.8 Å². The van der Waals surface area contributed by atoms with E-state index in [0.29, 0.717) is 23.6 Å². The topological polar surface area (TPSA) is 50.8 Å². The Morgan fingerprint density at radius 2 is 1.64 bits per heavy atom. The van der Waals surface area contributed by atoms with E-state index < -0.39 is 23.7 Å². The molecule has 0 bridgehead atoms. The molecule has 0 radical (unpaired) electrons. The fraction of sp³-hybridized carbons (Fsp3) is 0.240. The Morgan fingerprint density at radius 3 is 2.27 bits per heavy atom. The molecule has 3 aromatic rings. The molecule has 1 amide bonds. The summed E-state index contributed by atoms with van der Waals surface area (Å²) in [6, 6.07) is 18.4. The van der Waals surface area contributed by atoms with Crippen LogP contribution in [0.25, 0.3) is 0 Å². The van der Waals surface area contributed by atoms with Crippen LogP contribution >= 0.6 is 0 Å². The molecule has 8 heteroatoms. The predicted molar refractivity (Wildman–Crippen MR) is 120 cm³/mol. The SMILES string of the molecule is COc1ccc(CN(C)C(C(=O)Nc2cccc(C(F)(F)F)c2)c2ccccc2)cc1OC. The Hall–Kier alpha value is -3.52. The zero-order chi connectivity index (χ0) is 24.0. The predicted octanol–water partition coefficient (Wildman–Crippen LogP) is 5.53. The molecular formula is C25H25F3N2O3. The molecule has 0 saturated carbocycles. The Kier molecular flexibility index (Phi) is 7.60. The van der Waals surface area contributed by atoms with Gasteiger partial charge < -0.3 is 14.8 Å². The van der Waals surface area contributed by atoms with Gasteiger partial charge in [0.05, 0.1) is 19.8 Å². The molecule has 1 unspecified atom stereocenters. The number of carbonyl (C=O) groups is 1. The van der Waals surface area contributed by atoms with Gasteiger partial charge in [-0.25, -0.2) is 0 Å². The minimum atomic E-state index is -4.50. The molecule has 3 aromatic carbocycles. The Morgan fingerprint density at radius 1 is 0.939 bits per heavy atom. The maximum absolute atomic E-state index is 13.3. The molecule has 3 rings (SSSR count). The van der Waals surface area contributed by atoms with E-state index in [2.05, 4.69) is 5.32 Å². The van der Waals surface area contributed by atoms with Crippen LogP contribution in [0.1, 0.15) is 22.7 Å². The number of anilines is 1. The van der Waals surface area contributed by atoms with Gasteiger partial charge in [-0.2, -0.15) is 13.2 Å². The van der Waals surface area contributed by atoms with Crippen LogP contribution in [0, 0.1) is 0 Å². The standard InChI is InChI=1S/C25H25F3N2O3/c1-30(16-17-12-13-21(32-2)22(14-17)33-3)23(18-8-5-4-6-9-18)24(31)29-20-11-7-10-19(15-20)25(26,27)28/h4-15,23H,16H2,1-3H3,(H,29,31). The van der Waals surface area contributed by atoms with Crippen LogP contribution in [0.15, 0.2) is 72.8 Å². The molecule has 0 aliphatic heterocycles. The first kappa shape index (κ1) is 24.1. The lowest BCUT2D eigenvalue weighted by Crippen LogP contribution is -2.34. The highest BCUT2D eigenvalue weighted by Crippen LogP contribution is 2.32. The van der Waals surface area contributed by atoms with Crippen molar-refractivity contribution in [1.29, 1.82) is 0 Å². The summed E-state index contributed by atoms with van der Waals surface area (Å²) in [7, 11) is 4.87. The average molecular weight is 458 g/mol. The number of amides is 1. The third-order valence-electron chi connectivity index (χ3n) is 5.14. The molecule has 174 valence electrons. The van der Waals surface area contributed by atoms with Crippen molar-refractivity contribution in [2.75, 3.05) is 26.6 Å². The van der Waals surface area contributed by atoms with Gasteiger partial charge in [-0.1, -0.05) is 42.5 Å². The molecule has 1 atom stereocenters. The molecule has 0 aromatic heterocycles. The maximum Gasteiger partial charge on any atom is 0.416 e. The van der Waals surface area contributed by atoms with E-state index >= 15 is 0 Å². The van der Waals surface area contributed by atoms with Crippen molar-refractivity contribution in [3.63, 3.8) is 0 Å². The third kappa shape index (κ3) is 6.04. The molecule has 0 aliphatic rings. The van der Waals surface area contributed by atoms with Crippen molar-refractivity contribution < 1.29 is 27.4 Å². The van der Waals surface area contributed by atoms with Crippen LogP contribution in [-0.4, -0.2) is 32.1 Å². The van der Waals surface area contributed by atoms with Gasteiger partial charge in [0.25, 0.3) is 0 Å². The molecule has 0 saturated heterocycles. The van der Waals surface area contributed by atoms with E-state index in [1.165, 1.54) is 12.1 Å². The lowest BCUT2D eigenvalue weighted by Gasteiger charge is -2.28. The van der Waals surface area contributed by atoms with E-state index in [1.54, 1.807) is 27.3 Å². The van der Waals surface area contributed by atoms with Gasteiger partial charge in [-0.15, -0.1) is 0 Å². The molecule has 1 N–H and O–H groups in total. The van der Waals surface area contributed by atoms with Crippen molar-refractivity contribution in [2.45, 2.75) is 18.8 Å². The molecule has 0 aliphatic carbocycles. The first-order valence-corrected chi connectivity index (χ1v) is 10.2. The number of ether oxygens (including phenoxy) is 2. The number of nitrogens with one attached hydrogen (secondary N) is 1. The third-order valence-corrected chi connectivity index (χ3v) is 5.14. The Labute approximate surface area is 190 Å². The summed E-state index contributed by atoms with van der Waals surface area (Å²) < 4.78 is 49.8. The zero-order valence-corrected chi connectivity index (χ0v) is 18.5. The van der Waals surface area contributed by atoms with Gasteiger partial charge in [-0.05, 0) is 48.5 Å². The number of likely N-dealkylation sites (N-methyl/N-ethyl adjacent to an activating group) is 1. The van der Waals surface area contributed by atoms with Crippen LogP contribution in [0.3, 0.4) is 0 Å². The van der Waals surface area contributed by atoms with E-state index in [9.17, 15) is 18.0 Å². The number of halogens is 3.